The van der Waals surface area contributed by atoms with Crippen molar-refractivity contribution in [3.8, 4) is 6.01 Å². The number of hydrogen-bond donors (Lipinski definition) is 1. The van der Waals surface area contributed by atoms with Crippen LogP contribution in [0.25, 0.3) is 12.2 Å². The van der Waals surface area contributed by atoms with E-state index in [0.29, 0.717) is 21.3 Å². The first-order valence-electron chi connectivity index (χ1n) is 4.81. The third-order valence-electron chi connectivity index (χ3n) is 2.08. The fraction of sp³-hybridized carbons (Fsp3) is 0. The summed E-state index contributed by atoms with van der Waals surface area (Å²) in [5.74, 6) is 0. The van der Waals surface area contributed by atoms with Crippen LogP contribution >= 0.6 is 23.2 Å². The van der Waals surface area contributed by atoms with Gasteiger partial charge in [0, 0.05) is 21.8 Å². The quantitative estimate of drug-likeness (QED) is 0.903. The van der Waals surface area contributed by atoms with Crippen LogP contribution in [0.5, 0.6) is 6.01 Å². The lowest BCUT2D eigenvalue weighted by Gasteiger charge is -2.00. The Balaban J connectivity index is 2.32. The molecular weight excluding hydrogens is 259 g/mol. The molecule has 2 rings (SSSR count). The zero-order valence-electron chi connectivity index (χ0n) is 8.64. The second kappa shape index (κ2) is 5.17. The second-order valence-electron chi connectivity index (χ2n) is 3.25. The van der Waals surface area contributed by atoms with Gasteiger partial charge >= 0.3 is 6.01 Å². The summed E-state index contributed by atoms with van der Waals surface area (Å²) in [6.07, 6.45) is 4.91. The summed E-state index contributed by atoms with van der Waals surface area (Å²) in [6.45, 7) is 0. The van der Waals surface area contributed by atoms with E-state index in [-0.39, 0.29) is 6.01 Å². The Bertz CT molecular complexity index is 550. The van der Waals surface area contributed by atoms with Gasteiger partial charge in [0.15, 0.2) is 0 Å². The van der Waals surface area contributed by atoms with Gasteiger partial charge in [-0.15, -0.1) is 0 Å². The number of aromatic hydroxyl groups is 1. The Hall–Kier alpha value is -1.58. The van der Waals surface area contributed by atoms with Crippen LogP contribution < -0.4 is 0 Å². The van der Waals surface area contributed by atoms with E-state index < -0.39 is 0 Å². The minimum atomic E-state index is -0.266. The SMILES string of the molecule is Oc1nccc(C=Cc2c(Cl)cccc2Cl)n1. The van der Waals surface area contributed by atoms with E-state index in [0.717, 1.165) is 0 Å². The molecule has 86 valence electrons. The van der Waals surface area contributed by atoms with Crippen molar-refractivity contribution in [3.63, 3.8) is 0 Å². The molecule has 3 nitrogen and oxygen atoms in total. The number of rotatable bonds is 2. The van der Waals surface area contributed by atoms with Gasteiger partial charge in [-0.25, -0.2) is 4.98 Å². The summed E-state index contributed by atoms with van der Waals surface area (Å²) in [6, 6.07) is 6.69. The number of hydrogen-bond acceptors (Lipinski definition) is 3. The second-order valence-corrected chi connectivity index (χ2v) is 4.06. The van der Waals surface area contributed by atoms with Crippen LogP contribution in [0.15, 0.2) is 30.5 Å². The largest absolute Gasteiger partial charge is 0.479 e. The van der Waals surface area contributed by atoms with Gasteiger partial charge in [0.05, 0.1) is 5.69 Å². The zero-order chi connectivity index (χ0) is 12.3. The van der Waals surface area contributed by atoms with Crippen molar-refractivity contribution in [3.05, 3.63) is 51.8 Å². The Morgan fingerprint density at radius 3 is 2.41 bits per heavy atom. The van der Waals surface area contributed by atoms with Crippen molar-refractivity contribution >= 4 is 35.4 Å². The maximum absolute atomic E-state index is 9.11. The van der Waals surface area contributed by atoms with E-state index in [4.69, 9.17) is 28.3 Å². The molecule has 0 spiro atoms. The van der Waals surface area contributed by atoms with E-state index >= 15 is 0 Å². The van der Waals surface area contributed by atoms with Crippen LogP contribution in [0.1, 0.15) is 11.3 Å². The Morgan fingerprint density at radius 1 is 1.06 bits per heavy atom. The van der Waals surface area contributed by atoms with E-state index in [1.54, 1.807) is 36.4 Å². The normalized spacial score (nSPS) is 10.9. The van der Waals surface area contributed by atoms with Gasteiger partial charge in [-0.05, 0) is 30.4 Å². The highest BCUT2D eigenvalue weighted by atomic mass is 35.5. The summed E-state index contributed by atoms with van der Waals surface area (Å²) >= 11 is 12.0. The van der Waals surface area contributed by atoms with Crippen LogP contribution in [0.3, 0.4) is 0 Å². The highest BCUT2D eigenvalue weighted by molar-refractivity contribution is 6.37. The van der Waals surface area contributed by atoms with Gasteiger partial charge in [-0.3, -0.25) is 0 Å². The molecule has 0 bridgehead atoms. The molecule has 0 atom stereocenters. The molecule has 0 aliphatic rings. The smallest absolute Gasteiger partial charge is 0.314 e. The Labute approximate surface area is 108 Å². The van der Waals surface area contributed by atoms with E-state index in [9.17, 15) is 0 Å². The summed E-state index contributed by atoms with van der Waals surface area (Å²) < 4.78 is 0. The van der Waals surface area contributed by atoms with Crippen molar-refractivity contribution in [1.82, 2.24) is 9.97 Å². The molecule has 17 heavy (non-hydrogen) atoms. The van der Waals surface area contributed by atoms with Gasteiger partial charge in [-0.1, -0.05) is 29.3 Å². The number of halogens is 2. The molecule has 0 radical (unpaired) electrons. The molecule has 0 amide bonds. The van der Waals surface area contributed by atoms with Crippen LogP contribution in [0.4, 0.5) is 0 Å². The molecule has 2 aromatic rings. The van der Waals surface area contributed by atoms with Crippen LogP contribution in [-0.2, 0) is 0 Å². The summed E-state index contributed by atoms with van der Waals surface area (Å²) in [7, 11) is 0. The lowest BCUT2D eigenvalue weighted by atomic mass is 10.2. The average Bonchev–Trinajstić information content (AvgIpc) is 2.28. The van der Waals surface area contributed by atoms with Crippen LogP contribution in [-0.4, -0.2) is 15.1 Å². The molecule has 0 aliphatic carbocycles. The first-order chi connectivity index (χ1) is 8.16. The molecular formula is C12H8Cl2N2O. The lowest BCUT2D eigenvalue weighted by molar-refractivity contribution is 0.430. The standard InChI is InChI=1S/C12H8Cl2N2O/c13-10-2-1-3-11(14)9(10)5-4-8-6-7-15-12(17)16-8/h1-7H,(H,15,16,17). The molecule has 1 heterocycles. The van der Waals surface area contributed by atoms with Crippen molar-refractivity contribution in [2.75, 3.05) is 0 Å². The average molecular weight is 267 g/mol. The fourth-order valence-electron chi connectivity index (χ4n) is 1.29. The summed E-state index contributed by atoms with van der Waals surface area (Å²) in [4.78, 5) is 7.41. The minimum absolute atomic E-state index is 0.266. The highest BCUT2D eigenvalue weighted by Crippen LogP contribution is 2.26. The van der Waals surface area contributed by atoms with Gasteiger partial charge < -0.3 is 5.11 Å². The fourth-order valence-corrected chi connectivity index (χ4v) is 1.82. The van der Waals surface area contributed by atoms with Crippen molar-refractivity contribution in [2.45, 2.75) is 0 Å². The molecule has 0 fully saturated rings. The Morgan fingerprint density at radius 2 is 1.76 bits per heavy atom. The molecule has 0 unspecified atom stereocenters. The van der Waals surface area contributed by atoms with Gasteiger partial charge in [0.2, 0.25) is 0 Å². The maximum Gasteiger partial charge on any atom is 0.314 e. The summed E-state index contributed by atoms with van der Waals surface area (Å²) in [5.41, 5.74) is 1.29. The monoisotopic (exact) mass is 266 g/mol. The van der Waals surface area contributed by atoms with Crippen molar-refractivity contribution in [2.24, 2.45) is 0 Å². The summed E-state index contributed by atoms with van der Waals surface area (Å²) in [5, 5.41) is 10.2. The van der Waals surface area contributed by atoms with Gasteiger partial charge in [-0.2, -0.15) is 4.98 Å². The first kappa shape index (κ1) is 11.9. The van der Waals surface area contributed by atoms with E-state index in [2.05, 4.69) is 9.97 Å². The van der Waals surface area contributed by atoms with Gasteiger partial charge in [0.25, 0.3) is 0 Å². The van der Waals surface area contributed by atoms with Crippen molar-refractivity contribution < 1.29 is 5.11 Å². The molecule has 0 saturated heterocycles. The van der Waals surface area contributed by atoms with E-state index in [1.165, 1.54) is 6.20 Å². The molecule has 5 heteroatoms. The van der Waals surface area contributed by atoms with Crippen molar-refractivity contribution in [1.29, 1.82) is 0 Å². The number of benzene rings is 1. The third-order valence-corrected chi connectivity index (χ3v) is 2.74. The highest BCUT2D eigenvalue weighted by Gasteiger charge is 2.01. The Kier molecular flexibility index (Phi) is 3.61. The number of aromatic nitrogens is 2. The lowest BCUT2D eigenvalue weighted by Crippen LogP contribution is -1.83. The molecule has 0 saturated carbocycles. The molecule has 1 N–H and O–H groups in total. The molecule has 0 aliphatic heterocycles. The predicted molar refractivity (Wildman–Crippen MR) is 69.1 cm³/mol. The van der Waals surface area contributed by atoms with Crippen LogP contribution in [0, 0.1) is 0 Å². The molecule has 1 aromatic carbocycles. The van der Waals surface area contributed by atoms with Crippen LogP contribution in [0.2, 0.25) is 10.0 Å². The van der Waals surface area contributed by atoms with E-state index in [1.807, 2.05) is 0 Å². The topological polar surface area (TPSA) is 46.0 Å². The van der Waals surface area contributed by atoms with Gasteiger partial charge in [0.1, 0.15) is 0 Å². The zero-order valence-corrected chi connectivity index (χ0v) is 10.2. The molecule has 1 aromatic heterocycles. The maximum atomic E-state index is 9.11. The number of nitrogens with zero attached hydrogens (tertiary/aromatic N) is 2. The minimum Gasteiger partial charge on any atom is -0.479 e. The third kappa shape index (κ3) is 2.96. The first-order valence-corrected chi connectivity index (χ1v) is 5.56. The predicted octanol–water partition coefficient (Wildman–Crippen LogP) is 3.66.